The summed E-state index contributed by atoms with van der Waals surface area (Å²) in [6.45, 7) is 11.5. The van der Waals surface area contributed by atoms with Crippen LogP contribution in [0.1, 0.15) is 32.8 Å². The molecule has 0 aromatic heterocycles. The topological polar surface area (TPSA) is 62.9 Å². The van der Waals surface area contributed by atoms with Gasteiger partial charge in [0.05, 0.1) is 6.54 Å². The van der Waals surface area contributed by atoms with Gasteiger partial charge >= 0.3 is 0 Å². The van der Waals surface area contributed by atoms with E-state index in [0.717, 1.165) is 43.9 Å². The number of ether oxygens (including phenoxy) is 1. The second-order valence-electron chi connectivity index (χ2n) is 5.11. The SMILES string of the molecule is CCCNC(N)=NCc1ccccc1OCCN(CC)CC.I. The fourth-order valence-corrected chi connectivity index (χ4v) is 2.08. The first-order chi connectivity index (χ1) is 10.7. The summed E-state index contributed by atoms with van der Waals surface area (Å²) in [5.41, 5.74) is 6.88. The summed E-state index contributed by atoms with van der Waals surface area (Å²) < 4.78 is 5.91. The highest BCUT2D eigenvalue weighted by Crippen LogP contribution is 2.18. The second-order valence-corrected chi connectivity index (χ2v) is 5.11. The number of halogens is 1. The third kappa shape index (κ3) is 9.00. The minimum atomic E-state index is 0. The van der Waals surface area contributed by atoms with Gasteiger partial charge in [-0.3, -0.25) is 0 Å². The molecule has 132 valence electrons. The van der Waals surface area contributed by atoms with Crippen molar-refractivity contribution in [3.63, 3.8) is 0 Å². The van der Waals surface area contributed by atoms with Crippen LogP contribution in [0, 0.1) is 0 Å². The Kier molecular flexibility index (Phi) is 12.8. The number of rotatable bonds is 10. The van der Waals surface area contributed by atoms with E-state index in [0.29, 0.717) is 19.1 Å². The normalized spacial score (nSPS) is 11.2. The van der Waals surface area contributed by atoms with Gasteiger partial charge in [0.25, 0.3) is 0 Å². The molecule has 0 heterocycles. The minimum Gasteiger partial charge on any atom is -0.492 e. The third-order valence-electron chi connectivity index (χ3n) is 3.51. The summed E-state index contributed by atoms with van der Waals surface area (Å²) in [5, 5.41) is 3.08. The summed E-state index contributed by atoms with van der Waals surface area (Å²) in [7, 11) is 0. The van der Waals surface area contributed by atoms with Gasteiger partial charge in [-0.05, 0) is 25.6 Å². The van der Waals surface area contributed by atoms with Gasteiger partial charge in [-0.25, -0.2) is 4.99 Å². The van der Waals surface area contributed by atoms with Crippen molar-refractivity contribution in [3.8, 4) is 5.75 Å². The molecule has 0 saturated carbocycles. The first-order valence-electron chi connectivity index (χ1n) is 8.18. The number of para-hydroxylation sites is 1. The Hall–Kier alpha value is -1.02. The van der Waals surface area contributed by atoms with Crippen molar-refractivity contribution in [2.75, 3.05) is 32.8 Å². The number of nitrogens with two attached hydrogens (primary N) is 1. The molecule has 0 aliphatic carbocycles. The average Bonchev–Trinajstić information content (AvgIpc) is 2.56. The molecule has 0 amide bonds. The van der Waals surface area contributed by atoms with Gasteiger partial charge in [0, 0.05) is 18.7 Å². The molecule has 0 unspecified atom stereocenters. The number of aliphatic imine (C=N–C) groups is 1. The number of nitrogens with zero attached hydrogens (tertiary/aromatic N) is 2. The zero-order valence-corrected chi connectivity index (χ0v) is 16.9. The van der Waals surface area contributed by atoms with Gasteiger partial charge in [-0.15, -0.1) is 24.0 Å². The predicted octanol–water partition coefficient (Wildman–Crippen LogP) is 2.84. The fraction of sp³-hybridized carbons (Fsp3) is 0.588. The van der Waals surface area contributed by atoms with Gasteiger partial charge in [0.2, 0.25) is 0 Å². The maximum Gasteiger partial charge on any atom is 0.188 e. The molecule has 0 spiro atoms. The van der Waals surface area contributed by atoms with Gasteiger partial charge < -0.3 is 20.7 Å². The molecule has 0 aliphatic rings. The highest BCUT2D eigenvalue weighted by molar-refractivity contribution is 14.0. The number of hydrogen-bond acceptors (Lipinski definition) is 3. The predicted molar refractivity (Wildman–Crippen MR) is 109 cm³/mol. The highest BCUT2D eigenvalue weighted by Gasteiger charge is 2.04. The highest BCUT2D eigenvalue weighted by atomic mass is 127. The van der Waals surface area contributed by atoms with Crippen molar-refractivity contribution < 1.29 is 4.74 Å². The van der Waals surface area contributed by atoms with Gasteiger partial charge in [0.1, 0.15) is 12.4 Å². The monoisotopic (exact) mass is 434 g/mol. The number of benzene rings is 1. The first-order valence-corrected chi connectivity index (χ1v) is 8.18. The lowest BCUT2D eigenvalue weighted by Gasteiger charge is -2.18. The molecule has 1 rings (SSSR count). The molecule has 0 atom stereocenters. The number of guanidine groups is 1. The van der Waals surface area contributed by atoms with Crippen molar-refractivity contribution in [2.45, 2.75) is 33.7 Å². The van der Waals surface area contributed by atoms with Crippen LogP contribution in [-0.2, 0) is 6.54 Å². The van der Waals surface area contributed by atoms with Gasteiger partial charge in [-0.1, -0.05) is 39.0 Å². The maximum atomic E-state index is 5.91. The average molecular weight is 434 g/mol. The van der Waals surface area contributed by atoms with Crippen molar-refractivity contribution in [2.24, 2.45) is 10.7 Å². The van der Waals surface area contributed by atoms with E-state index >= 15 is 0 Å². The Morgan fingerprint density at radius 3 is 2.57 bits per heavy atom. The summed E-state index contributed by atoms with van der Waals surface area (Å²) in [6, 6.07) is 8.00. The van der Waals surface area contributed by atoms with E-state index in [-0.39, 0.29) is 24.0 Å². The molecule has 6 heteroatoms. The Morgan fingerprint density at radius 2 is 1.91 bits per heavy atom. The van der Waals surface area contributed by atoms with Crippen LogP contribution in [-0.4, -0.2) is 43.6 Å². The van der Waals surface area contributed by atoms with Crippen LogP contribution >= 0.6 is 24.0 Å². The third-order valence-corrected chi connectivity index (χ3v) is 3.51. The van der Waals surface area contributed by atoms with E-state index in [1.54, 1.807) is 0 Å². The zero-order chi connectivity index (χ0) is 16.2. The van der Waals surface area contributed by atoms with E-state index in [2.05, 4.69) is 36.0 Å². The number of nitrogens with one attached hydrogen (secondary N) is 1. The Balaban J connectivity index is 0.00000484. The van der Waals surface area contributed by atoms with Crippen molar-refractivity contribution >= 4 is 29.9 Å². The van der Waals surface area contributed by atoms with Crippen LogP contribution in [0.3, 0.4) is 0 Å². The van der Waals surface area contributed by atoms with Crippen LogP contribution in [0.25, 0.3) is 0 Å². The summed E-state index contributed by atoms with van der Waals surface area (Å²) in [4.78, 5) is 6.70. The lowest BCUT2D eigenvalue weighted by molar-refractivity contribution is 0.221. The summed E-state index contributed by atoms with van der Waals surface area (Å²) in [5.74, 6) is 1.38. The molecule has 0 radical (unpaired) electrons. The number of likely N-dealkylation sites (N-methyl/N-ethyl adjacent to an activating group) is 1. The molecule has 0 bridgehead atoms. The number of hydrogen-bond donors (Lipinski definition) is 2. The molecule has 3 N–H and O–H groups in total. The largest absolute Gasteiger partial charge is 0.492 e. The van der Waals surface area contributed by atoms with E-state index < -0.39 is 0 Å². The Labute approximate surface area is 157 Å². The van der Waals surface area contributed by atoms with Crippen LogP contribution in [0.15, 0.2) is 29.3 Å². The Morgan fingerprint density at radius 1 is 1.22 bits per heavy atom. The molecular weight excluding hydrogens is 403 g/mol. The van der Waals surface area contributed by atoms with E-state index in [1.165, 1.54) is 0 Å². The quantitative estimate of drug-likeness (QED) is 0.338. The van der Waals surface area contributed by atoms with Crippen LogP contribution in [0.2, 0.25) is 0 Å². The molecule has 0 saturated heterocycles. The second kappa shape index (κ2) is 13.4. The summed E-state index contributed by atoms with van der Waals surface area (Å²) in [6.07, 6.45) is 1.03. The van der Waals surface area contributed by atoms with E-state index in [1.807, 2.05) is 24.3 Å². The smallest absolute Gasteiger partial charge is 0.188 e. The molecule has 23 heavy (non-hydrogen) atoms. The molecule has 1 aromatic carbocycles. The van der Waals surface area contributed by atoms with Gasteiger partial charge in [-0.2, -0.15) is 0 Å². The van der Waals surface area contributed by atoms with E-state index in [4.69, 9.17) is 10.5 Å². The lowest BCUT2D eigenvalue weighted by Crippen LogP contribution is -2.32. The zero-order valence-electron chi connectivity index (χ0n) is 14.5. The van der Waals surface area contributed by atoms with Crippen LogP contribution in [0.4, 0.5) is 0 Å². The molecule has 0 aliphatic heterocycles. The molecular formula is C17H31IN4O. The van der Waals surface area contributed by atoms with E-state index in [9.17, 15) is 0 Å². The van der Waals surface area contributed by atoms with Crippen molar-refractivity contribution in [1.29, 1.82) is 0 Å². The van der Waals surface area contributed by atoms with Gasteiger partial charge in [0.15, 0.2) is 5.96 Å². The van der Waals surface area contributed by atoms with Crippen LogP contribution < -0.4 is 15.8 Å². The molecule has 0 fully saturated rings. The first kappa shape index (κ1) is 22.0. The Bertz CT molecular complexity index is 450. The van der Waals surface area contributed by atoms with Crippen LogP contribution in [0.5, 0.6) is 5.75 Å². The van der Waals surface area contributed by atoms with Crippen molar-refractivity contribution in [3.05, 3.63) is 29.8 Å². The maximum absolute atomic E-state index is 5.91. The summed E-state index contributed by atoms with van der Waals surface area (Å²) >= 11 is 0. The van der Waals surface area contributed by atoms with Crippen molar-refractivity contribution in [1.82, 2.24) is 10.2 Å². The fourth-order valence-electron chi connectivity index (χ4n) is 2.08. The molecule has 5 nitrogen and oxygen atoms in total. The standard InChI is InChI=1S/C17H30N4O.HI/c1-4-11-19-17(18)20-14-15-9-7-8-10-16(15)22-13-12-21(5-2)6-3;/h7-10H,4-6,11-14H2,1-3H3,(H3,18,19,20);1H. The molecule has 1 aromatic rings. The lowest BCUT2D eigenvalue weighted by atomic mass is 10.2. The minimum absolute atomic E-state index is 0.